The number of nitrogens with two attached hydrogens (primary N) is 1. The Labute approximate surface area is 73.0 Å². The summed E-state index contributed by atoms with van der Waals surface area (Å²) < 4.78 is 0. The fourth-order valence-electron chi connectivity index (χ4n) is 1.19. The van der Waals surface area contributed by atoms with Crippen LogP contribution in [0.5, 0.6) is 0 Å². The first-order chi connectivity index (χ1) is 5.88. The predicted molar refractivity (Wildman–Crippen MR) is 49.7 cm³/mol. The molecule has 0 aliphatic heterocycles. The summed E-state index contributed by atoms with van der Waals surface area (Å²) in [5, 5.41) is 3.18. The molecule has 1 rings (SSSR count). The fourth-order valence-corrected chi connectivity index (χ4v) is 1.19. The Bertz CT molecular complexity index is 210. The van der Waals surface area contributed by atoms with Crippen LogP contribution >= 0.6 is 0 Å². The number of rotatable bonds is 4. The maximum absolute atomic E-state index is 5.47. The Morgan fingerprint density at radius 2 is 2.42 bits per heavy atom. The van der Waals surface area contributed by atoms with Gasteiger partial charge in [0.05, 0.1) is 11.7 Å². The van der Waals surface area contributed by atoms with Crippen LogP contribution in [0.1, 0.15) is 18.2 Å². The van der Waals surface area contributed by atoms with Crippen LogP contribution in [0.3, 0.4) is 0 Å². The van der Waals surface area contributed by atoms with Gasteiger partial charge in [-0.05, 0) is 32.1 Å². The Hall–Kier alpha value is -0.930. The summed E-state index contributed by atoms with van der Waals surface area (Å²) in [6.07, 6.45) is 2.73. The first kappa shape index (κ1) is 9.16. The highest BCUT2D eigenvalue weighted by Gasteiger charge is 2.07. The molecule has 12 heavy (non-hydrogen) atoms. The molecule has 3 nitrogen and oxygen atoms in total. The number of nitrogens with one attached hydrogen (secondary N) is 1. The van der Waals surface area contributed by atoms with Gasteiger partial charge in [0.15, 0.2) is 0 Å². The second kappa shape index (κ2) is 4.85. The second-order valence-electron chi connectivity index (χ2n) is 2.67. The highest BCUT2D eigenvalue weighted by atomic mass is 14.9. The van der Waals surface area contributed by atoms with E-state index in [0.717, 1.165) is 12.1 Å². The van der Waals surface area contributed by atoms with E-state index >= 15 is 0 Å². The standard InChI is InChI=1S/C9H15N3/c1-11-8(5-6-10)9-4-2-3-7-12-9/h2-4,7-8,11H,5-6,10H2,1H3. The highest BCUT2D eigenvalue weighted by molar-refractivity contribution is 5.08. The maximum Gasteiger partial charge on any atom is 0.0573 e. The highest BCUT2D eigenvalue weighted by Crippen LogP contribution is 2.11. The molecule has 0 aliphatic rings. The molecule has 1 heterocycles. The molecule has 66 valence electrons. The monoisotopic (exact) mass is 165 g/mol. The van der Waals surface area contributed by atoms with Crippen molar-refractivity contribution in [2.75, 3.05) is 13.6 Å². The molecule has 0 aromatic carbocycles. The smallest absolute Gasteiger partial charge is 0.0573 e. The van der Waals surface area contributed by atoms with Gasteiger partial charge < -0.3 is 11.1 Å². The topological polar surface area (TPSA) is 50.9 Å². The average Bonchev–Trinajstić information content (AvgIpc) is 2.15. The van der Waals surface area contributed by atoms with E-state index in [9.17, 15) is 0 Å². The molecular weight excluding hydrogens is 150 g/mol. The molecule has 1 unspecified atom stereocenters. The molecule has 0 bridgehead atoms. The van der Waals surface area contributed by atoms with Gasteiger partial charge in [-0.2, -0.15) is 0 Å². The Kier molecular flexibility index (Phi) is 3.70. The summed E-state index contributed by atoms with van der Waals surface area (Å²) in [6, 6.07) is 6.20. The van der Waals surface area contributed by atoms with Crippen LogP contribution in [0.2, 0.25) is 0 Å². The predicted octanol–water partition coefficient (Wildman–Crippen LogP) is 0.691. The van der Waals surface area contributed by atoms with Crippen molar-refractivity contribution in [2.45, 2.75) is 12.5 Å². The van der Waals surface area contributed by atoms with Crippen LogP contribution in [-0.4, -0.2) is 18.6 Å². The SMILES string of the molecule is CNC(CCN)c1ccccn1. The first-order valence-electron chi connectivity index (χ1n) is 4.16. The normalized spacial score (nSPS) is 12.8. The van der Waals surface area contributed by atoms with Crippen molar-refractivity contribution in [2.24, 2.45) is 5.73 Å². The van der Waals surface area contributed by atoms with E-state index < -0.39 is 0 Å². The molecule has 0 saturated carbocycles. The summed E-state index contributed by atoms with van der Waals surface area (Å²) in [5.41, 5.74) is 6.54. The number of pyridine rings is 1. The van der Waals surface area contributed by atoms with Crippen LogP contribution in [0.25, 0.3) is 0 Å². The van der Waals surface area contributed by atoms with Crippen LogP contribution < -0.4 is 11.1 Å². The lowest BCUT2D eigenvalue weighted by Gasteiger charge is -2.13. The zero-order valence-electron chi connectivity index (χ0n) is 7.33. The molecule has 0 fully saturated rings. The maximum atomic E-state index is 5.47. The second-order valence-corrected chi connectivity index (χ2v) is 2.67. The summed E-state index contributed by atoms with van der Waals surface area (Å²) in [5.74, 6) is 0. The summed E-state index contributed by atoms with van der Waals surface area (Å²) in [4.78, 5) is 4.25. The van der Waals surface area contributed by atoms with Crippen molar-refractivity contribution in [1.29, 1.82) is 0 Å². The van der Waals surface area contributed by atoms with Crippen molar-refractivity contribution >= 4 is 0 Å². The number of aromatic nitrogens is 1. The van der Waals surface area contributed by atoms with Crippen molar-refractivity contribution in [3.05, 3.63) is 30.1 Å². The molecule has 0 amide bonds. The third-order valence-corrected chi connectivity index (χ3v) is 1.85. The van der Waals surface area contributed by atoms with E-state index in [1.165, 1.54) is 0 Å². The van der Waals surface area contributed by atoms with E-state index in [2.05, 4.69) is 10.3 Å². The minimum atomic E-state index is 0.288. The Balaban J connectivity index is 2.66. The van der Waals surface area contributed by atoms with Crippen molar-refractivity contribution < 1.29 is 0 Å². The van der Waals surface area contributed by atoms with Gasteiger partial charge in [-0.15, -0.1) is 0 Å². The average molecular weight is 165 g/mol. The molecule has 3 N–H and O–H groups in total. The molecule has 0 spiro atoms. The Morgan fingerprint density at radius 1 is 1.58 bits per heavy atom. The van der Waals surface area contributed by atoms with Gasteiger partial charge in [0.1, 0.15) is 0 Å². The molecule has 0 saturated heterocycles. The van der Waals surface area contributed by atoms with Crippen LogP contribution in [-0.2, 0) is 0 Å². The molecule has 0 aliphatic carbocycles. The minimum Gasteiger partial charge on any atom is -0.330 e. The third kappa shape index (κ3) is 2.29. The van der Waals surface area contributed by atoms with Gasteiger partial charge in [0.2, 0.25) is 0 Å². The molecule has 3 heteroatoms. The van der Waals surface area contributed by atoms with E-state index in [4.69, 9.17) is 5.73 Å². The largest absolute Gasteiger partial charge is 0.330 e. The van der Waals surface area contributed by atoms with Crippen LogP contribution in [0.4, 0.5) is 0 Å². The van der Waals surface area contributed by atoms with E-state index in [1.807, 2.05) is 25.2 Å². The Morgan fingerprint density at radius 3 is 2.92 bits per heavy atom. The van der Waals surface area contributed by atoms with E-state index in [1.54, 1.807) is 6.20 Å². The molecule has 1 atom stereocenters. The van der Waals surface area contributed by atoms with Gasteiger partial charge in [0, 0.05) is 6.20 Å². The lowest BCUT2D eigenvalue weighted by molar-refractivity contribution is 0.543. The van der Waals surface area contributed by atoms with Crippen LogP contribution in [0.15, 0.2) is 24.4 Å². The van der Waals surface area contributed by atoms with Gasteiger partial charge >= 0.3 is 0 Å². The lowest BCUT2D eigenvalue weighted by atomic mass is 10.1. The fraction of sp³-hybridized carbons (Fsp3) is 0.444. The van der Waals surface area contributed by atoms with Gasteiger partial charge in [-0.25, -0.2) is 0 Å². The number of hydrogen-bond donors (Lipinski definition) is 2. The van der Waals surface area contributed by atoms with Crippen molar-refractivity contribution in [1.82, 2.24) is 10.3 Å². The number of nitrogens with zero attached hydrogens (tertiary/aromatic N) is 1. The summed E-state index contributed by atoms with van der Waals surface area (Å²) in [6.45, 7) is 0.683. The van der Waals surface area contributed by atoms with E-state index in [0.29, 0.717) is 6.54 Å². The number of hydrogen-bond acceptors (Lipinski definition) is 3. The van der Waals surface area contributed by atoms with Crippen molar-refractivity contribution in [3.63, 3.8) is 0 Å². The molecular formula is C9H15N3. The lowest BCUT2D eigenvalue weighted by Crippen LogP contribution is -2.20. The first-order valence-corrected chi connectivity index (χ1v) is 4.16. The van der Waals surface area contributed by atoms with Crippen molar-refractivity contribution in [3.8, 4) is 0 Å². The quantitative estimate of drug-likeness (QED) is 0.690. The zero-order valence-corrected chi connectivity index (χ0v) is 7.33. The van der Waals surface area contributed by atoms with E-state index in [-0.39, 0.29) is 6.04 Å². The zero-order chi connectivity index (χ0) is 8.81. The van der Waals surface area contributed by atoms with Gasteiger partial charge in [-0.3, -0.25) is 4.98 Å². The van der Waals surface area contributed by atoms with Gasteiger partial charge in [-0.1, -0.05) is 6.07 Å². The summed E-state index contributed by atoms with van der Waals surface area (Å²) >= 11 is 0. The van der Waals surface area contributed by atoms with Crippen LogP contribution in [0, 0.1) is 0 Å². The van der Waals surface area contributed by atoms with Gasteiger partial charge in [0.25, 0.3) is 0 Å². The minimum absolute atomic E-state index is 0.288. The summed E-state index contributed by atoms with van der Waals surface area (Å²) in [7, 11) is 1.93. The third-order valence-electron chi connectivity index (χ3n) is 1.85. The molecule has 0 radical (unpaired) electrons. The molecule has 1 aromatic heterocycles. The molecule has 1 aromatic rings.